The fourth-order valence-corrected chi connectivity index (χ4v) is 4.70. The van der Waals surface area contributed by atoms with Crippen molar-refractivity contribution in [2.75, 3.05) is 33.3 Å². The quantitative estimate of drug-likeness (QED) is 0.365. The predicted octanol–water partition coefficient (Wildman–Crippen LogP) is 4.61. The number of aryl methyl sites for hydroxylation is 1. The fraction of sp³-hybridized carbons (Fsp3) is 0.276. The Hall–Kier alpha value is -3.97. The van der Waals surface area contributed by atoms with Crippen LogP contribution < -0.4 is 4.74 Å². The molecule has 1 aliphatic heterocycles. The van der Waals surface area contributed by atoms with Crippen LogP contribution in [0.5, 0.6) is 5.75 Å². The zero-order chi connectivity index (χ0) is 24.7. The van der Waals surface area contributed by atoms with Crippen LogP contribution in [0, 0.1) is 0 Å². The minimum absolute atomic E-state index is 0.120. The van der Waals surface area contributed by atoms with Crippen LogP contribution in [0.4, 0.5) is 0 Å². The van der Waals surface area contributed by atoms with Gasteiger partial charge < -0.3 is 14.2 Å². The molecule has 1 aromatic heterocycles. The molecule has 0 atom stereocenters. The van der Waals surface area contributed by atoms with Gasteiger partial charge in [-0.05, 0) is 35.4 Å². The van der Waals surface area contributed by atoms with Gasteiger partial charge in [0, 0.05) is 44.6 Å². The Kier molecular flexibility index (Phi) is 7.38. The van der Waals surface area contributed by atoms with Crippen LogP contribution in [0.1, 0.15) is 29.5 Å². The fourth-order valence-electron chi connectivity index (χ4n) is 4.70. The van der Waals surface area contributed by atoms with Gasteiger partial charge in [0.1, 0.15) is 5.75 Å². The topological polar surface area (TPSA) is 71.7 Å². The molecule has 1 fully saturated rings. The van der Waals surface area contributed by atoms with Gasteiger partial charge in [0.05, 0.1) is 13.2 Å². The van der Waals surface area contributed by atoms with E-state index in [1.165, 1.54) is 11.1 Å². The molecule has 0 aliphatic carbocycles. The van der Waals surface area contributed by atoms with E-state index in [1.54, 1.807) is 7.11 Å². The van der Waals surface area contributed by atoms with E-state index >= 15 is 0 Å². The molecule has 36 heavy (non-hydrogen) atoms. The maximum Gasteiger partial charge on any atom is 0.227 e. The van der Waals surface area contributed by atoms with Gasteiger partial charge in [-0.15, -0.1) is 0 Å². The summed E-state index contributed by atoms with van der Waals surface area (Å²) in [5.41, 5.74) is 3.39. The molecule has 0 N–H and O–H groups in total. The monoisotopic (exact) mass is 482 g/mol. The molecule has 3 aromatic carbocycles. The molecule has 0 bridgehead atoms. The van der Waals surface area contributed by atoms with Crippen LogP contribution in [-0.2, 0) is 11.2 Å². The zero-order valence-corrected chi connectivity index (χ0v) is 20.4. The lowest BCUT2D eigenvalue weighted by atomic mass is 9.96. The number of carbonyl (C=O) groups is 1. The summed E-state index contributed by atoms with van der Waals surface area (Å²) in [5, 5.41) is 4.06. The van der Waals surface area contributed by atoms with Crippen molar-refractivity contribution in [3.05, 3.63) is 102 Å². The summed E-state index contributed by atoms with van der Waals surface area (Å²) in [5.74, 6) is 1.88. The lowest BCUT2D eigenvalue weighted by Gasteiger charge is -2.39. The van der Waals surface area contributed by atoms with Gasteiger partial charge in [0.25, 0.3) is 0 Å². The smallest absolute Gasteiger partial charge is 0.227 e. The number of hydrogen-bond acceptors (Lipinski definition) is 6. The molecule has 0 unspecified atom stereocenters. The zero-order valence-electron chi connectivity index (χ0n) is 20.4. The first-order valence-electron chi connectivity index (χ1n) is 12.3. The van der Waals surface area contributed by atoms with E-state index in [-0.39, 0.29) is 11.9 Å². The number of rotatable bonds is 8. The molecule has 5 rings (SSSR count). The highest BCUT2D eigenvalue weighted by molar-refractivity contribution is 5.76. The van der Waals surface area contributed by atoms with Crippen molar-refractivity contribution >= 4 is 5.91 Å². The third-order valence-electron chi connectivity index (χ3n) is 6.63. The van der Waals surface area contributed by atoms with E-state index in [2.05, 4.69) is 63.6 Å². The van der Waals surface area contributed by atoms with E-state index in [4.69, 9.17) is 9.26 Å². The van der Waals surface area contributed by atoms with Crippen LogP contribution in [0.25, 0.3) is 11.4 Å². The van der Waals surface area contributed by atoms with Crippen molar-refractivity contribution in [3.8, 4) is 17.1 Å². The highest BCUT2D eigenvalue weighted by Crippen LogP contribution is 2.29. The van der Waals surface area contributed by atoms with Crippen LogP contribution in [0.15, 0.2) is 89.5 Å². The summed E-state index contributed by atoms with van der Waals surface area (Å²) in [6.07, 6.45) is 0.782. The van der Waals surface area contributed by atoms with Gasteiger partial charge in [0.15, 0.2) is 0 Å². The normalized spacial score (nSPS) is 14.2. The van der Waals surface area contributed by atoms with Crippen molar-refractivity contribution in [1.29, 1.82) is 0 Å². The number of ether oxygens (including phenoxy) is 1. The van der Waals surface area contributed by atoms with E-state index < -0.39 is 0 Å². The lowest BCUT2D eigenvalue weighted by molar-refractivity contribution is -0.133. The van der Waals surface area contributed by atoms with Crippen LogP contribution >= 0.6 is 0 Å². The molecule has 0 radical (unpaired) electrons. The van der Waals surface area contributed by atoms with Gasteiger partial charge in [-0.1, -0.05) is 65.8 Å². The lowest BCUT2D eigenvalue weighted by Crippen LogP contribution is -2.49. The van der Waals surface area contributed by atoms with Gasteiger partial charge in [-0.2, -0.15) is 4.98 Å². The first-order chi connectivity index (χ1) is 17.7. The Morgan fingerprint density at radius 1 is 0.889 bits per heavy atom. The van der Waals surface area contributed by atoms with Crippen molar-refractivity contribution in [2.24, 2.45) is 0 Å². The maximum atomic E-state index is 12.9. The van der Waals surface area contributed by atoms with Gasteiger partial charge in [-0.25, -0.2) is 0 Å². The second kappa shape index (κ2) is 11.2. The Labute approximate surface area is 211 Å². The van der Waals surface area contributed by atoms with E-state index in [9.17, 15) is 4.79 Å². The van der Waals surface area contributed by atoms with E-state index in [1.807, 2.05) is 41.3 Å². The predicted molar refractivity (Wildman–Crippen MR) is 137 cm³/mol. The van der Waals surface area contributed by atoms with Crippen LogP contribution in [0.2, 0.25) is 0 Å². The molecule has 2 heterocycles. The van der Waals surface area contributed by atoms with Crippen molar-refractivity contribution in [3.63, 3.8) is 0 Å². The van der Waals surface area contributed by atoms with Crippen molar-refractivity contribution in [2.45, 2.75) is 18.9 Å². The Morgan fingerprint density at radius 2 is 1.50 bits per heavy atom. The summed E-state index contributed by atoms with van der Waals surface area (Å²) in [6.45, 7) is 3.05. The second-order valence-corrected chi connectivity index (χ2v) is 8.88. The molecule has 184 valence electrons. The Morgan fingerprint density at radius 3 is 2.08 bits per heavy atom. The highest BCUT2D eigenvalue weighted by atomic mass is 16.5. The number of nitrogens with zero attached hydrogens (tertiary/aromatic N) is 4. The minimum atomic E-state index is 0.120. The number of carbonyl (C=O) groups excluding carboxylic acids is 1. The van der Waals surface area contributed by atoms with Gasteiger partial charge in [-0.3, -0.25) is 9.69 Å². The van der Waals surface area contributed by atoms with Crippen LogP contribution in [-0.4, -0.2) is 59.1 Å². The highest BCUT2D eigenvalue weighted by Gasteiger charge is 2.28. The largest absolute Gasteiger partial charge is 0.497 e. The second-order valence-electron chi connectivity index (χ2n) is 8.88. The molecule has 7 heteroatoms. The molecule has 1 amide bonds. The summed E-state index contributed by atoms with van der Waals surface area (Å²) < 4.78 is 10.6. The average Bonchev–Trinajstić information content (AvgIpc) is 3.43. The number of amides is 1. The number of benzene rings is 3. The Balaban J connectivity index is 1.17. The van der Waals surface area contributed by atoms with Gasteiger partial charge in [0.2, 0.25) is 17.6 Å². The molecule has 1 saturated heterocycles. The summed E-state index contributed by atoms with van der Waals surface area (Å²) in [6, 6.07) is 28.8. The third-order valence-corrected chi connectivity index (χ3v) is 6.63. The van der Waals surface area contributed by atoms with E-state index in [0.29, 0.717) is 37.6 Å². The SMILES string of the molecule is COc1ccc(-c2noc(CCC(=O)N3CCN(C(c4ccccc4)c4ccccc4)CC3)n2)cc1. The molecule has 0 saturated carbocycles. The molecule has 1 aliphatic rings. The first kappa shape index (κ1) is 23.8. The maximum absolute atomic E-state index is 12.9. The Bertz CT molecular complexity index is 1210. The average molecular weight is 483 g/mol. The minimum Gasteiger partial charge on any atom is -0.497 e. The number of hydrogen-bond donors (Lipinski definition) is 0. The summed E-state index contributed by atoms with van der Waals surface area (Å²) >= 11 is 0. The summed E-state index contributed by atoms with van der Waals surface area (Å²) in [7, 11) is 1.63. The standard InChI is InChI=1S/C29H30N4O3/c1-35-25-14-12-24(13-15-25)29-30-26(36-31-29)16-17-27(34)32-18-20-33(21-19-32)28(22-8-4-2-5-9-22)23-10-6-3-7-11-23/h2-15,28H,16-21H2,1H3. The van der Waals surface area contributed by atoms with Crippen LogP contribution in [0.3, 0.4) is 0 Å². The molecular formula is C29H30N4O3. The number of aromatic nitrogens is 2. The van der Waals surface area contributed by atoms with Gasteiger partial charge >= 0.3 is 0 Å². The summed E-state index contributed by atoms with van der Waals surface area (Å²) in [4.78, 5) is 21.8. The molecule has 4 aromatic rings. The molecular weight excluding hydrogens is 452 g/mol. The molecule has 0 spiro atoms. The van der Waals surface area contributed by atoms with E-state index in [0.717, 1.165) is 24.4 Å². The number of piperazine rings is 1. The molecule has 7 nitrogen and oxygen atoms in total. The first-order valence-corrected chi connectivity index (χ1v) is 12.3. The number of methoxy groups -OCH3 is 1. The third kappa shape index (κ3) is 5.47. The van der Waals surface area contributed by atoms with Crippen molar-refractivity contribution < 1.29 is 14.1 Å². The van der Waals surface area contributed by atoms with Crippen molar-refractivity contribution in [1.82, 2.24) is 19.9 Å².